The second-order valence-corrected chi connectivity index (χ2v) is 5.04. The average molecular weight is 269 g/mol. The van der Waals surface area contributed by atoms with Gasteiger partial charge < -0.3 is 10.1 Å². The van der Waals surface area contributed by atoms with E-state index in [2.05, 4.69) is 55.6 Å². The molecule has 20 heavy (non-hydrogen) atoms. The zero-order valence-electron chi connectivity index (χ0n) is 12.3. The van der Waals surface area contributed by atoms with Crippen LogP contribution in [0.4, 0.5) is 0 Å². The molecule has 0 heterocycles. The Balaban J connectivity index is 2.01. The van der Waals surface area contributed by atoms with E-state index in [1.165, 1.54) is 11.1 Å². The van der Waals surface area contributed by atoms with Crippen LogP contribution in [0.2, 0.25) is 0 Å². The fraction of sp³-hybridized carbons (Fsp3) is 0.333. The summed E-state index contributed by atoms with van der Waals surface area (Å²) in [4.78, 5) is 0. The summed E-state index contributed by atoms with van der Waals surface area (Å²) in [5.41, 5.74) is 2.49. The van der Waals surface area contributed by atoms with E-state index in [0.717, 1.165) is 18.7 Å². The van der Waals surface area contributed by atoms with E-state index >= 15 is 0 Å². The van der Waals surface area contributed by atoms with Crippen LogP contribution in [0.25, 0.3) is 0 Å². The number of nitrogens with one attached hydrogen (secondary N) is 1. The fourth-order valence-electron chi connectivity index (χ4n) is 2.16. The van der Waals surface area contributed by atoms with Crippen LogP contribution in [-0.4, -0.2) is 13.2 Å². The lowest BCUT2D eigenvalue weighted by Crippen LogP contribution is -2.27. The van der Waals surface area contributed by atoms with E-state index < -0.39 is 0 Å². The summed E-state index contributed by atoms with van der Waals surface area (Å²) in [7, 11) is 0. The average Bonchev–Trinajstić information content (AvgIpc) is 2.48. The number of aryl methyl sites for hydroxylation is 1. The minimum Gasteiger partial charge on any atom is -0.492 e. The van der Waals surface area contributed by atoms with Crippen molar-refractivity contribution in [2.75, 3.05) is 13.2 Å². The lowest BCUT2D eigenvalue weighted by atomic mass is 10.1. The molecular formula is C18H23NO. The van der Waals surface area contributed by atoms with Gasteiger partial charge in [0.1, 0.15) is 12.4 Å². The highest BCUT2D eigenvalue weighted by Crippen LogP contribution is 2.17. The zero-order chi connectivity index (χ0) is 14.2. The minimum atomic E-state index is 0.233. The predicted molar refractivity (Wildman–Crippen MR) is 84.2 cm³/mol. The summed E-state index contributed by atoms with van der Waals surface area (Å²) in [6.07, 6.45) is 1.12. The van der Waals surface area contributed by atoms with Crippen molar-refractivity contribution in [3.63, 3.8) is 0 Å². The first-order valence-corrected chi connectivity index (χ1v) is 7.27. The first-order valence-electron chi connectivity index (χ1n) is 7.27. The van der Waals surface area contributed by atoms with Gasteiger partial charge >= 0.3 is 0 Å². The maximum atomic E-state index is 5.94. The van der Waals surface area contributed by atoms with Crippen molar-refractivity contribution in [2.24, 2.45) is 0 Å². The van der Waals surface area contributed by atoms with E-state index in [1.54, 1.807) is 0 Å². The number of hydrogen-bond donors (Lipinski definition) is 1. The maximum Gasteiger partial charge on any atom is 0.119 e. The van der Waals surface area contributed by atoms with Gasteiger partial charge in [-0.3, -0.25) is 0 Å². The second-order valence-electron chi connectivity index (χ2n) is 5.04. The van der Waals surface area contributed by atoms with Crippen LogP contribution in [0.15, 0.2) is 54.6 Å². The molecule has 2 nitrogen and oxygen atoms in total. The third kappa shape index (κ3) is 4.39. The van der Waals surface area contributed by atoms with Gasteiger partial charge in [-0.15, -0.1) is 0 Å². The van der Waals surface area contributed by atoms with Crippen LogP contribution in [0.5, 0.6) is 5.75 Å². The number of rotatable bonds is 7. The molecule has 0 fully saturated rings. The fourth-order valence-corrected chi connectivity index (χ4v) is 2.16. The molecule has 1 unspecified atom stereocenters. The van der Waals surface area contributed by atoms with Gasteiger partial charge in [0.15, 0.2) is 0 Å². The molecule has 0 aliphatic carbocycles. The summed E-state index contributed by atoms with van der Waals surface area (Å²) < 4.78 is 5.94. The maximum absolute atomic E-state index is 5.94. The number of hydrogen-bond acceptors (Lipinski definition) is 2. The van der Waals surface area contributed by atoms with Crippen molar-refractivity contribution >= 4 is 0 Å². The second kappa shape index (κ2) is 7.71. The van der Waals surface area contributed by atoms with Crippen molar-refractivity contribution in [3.8, 4) is 5.75 Å². The highest BCUT2D eigenvalue weighted by atomic mass is 16.5. The molecule has 0 saturated heterocycles. The molecule has 0 saturated carbocycles. The third-order valence-corrected chi connectivity index (χ3v) is 3.25. The van der Waals surface area contributed by atoms with E-state index in [9.17, 15) is 0 Å². The van der Waals surface area contributed by atoms with Crippen molar-refractivity contribution < 1.29 is 4.74 Å². The summed E-state index contributed by atoms with van der Waals surface area (Å²) in [6, 6.07) is 18.9. The quantitative estimate of drug-likeness (QED) is 0.816. The highest BCUT2D eigenvalue weighted by Gasteiger charge is 2.11. The molecule has 2 aromatic carbocycles. The van der Waals surface area contributed by atoms with Gasteiger partial charge in [0.2, 0.25) is 0 Å². The van der Waals surface area contributed by atoms with Crippen LogP contribution in [0.1, 0.15) is 30.5 Å². The Morgan fingerprint density at radius 1 is 1.05 bits per heavy atom. The van der Waals surface area contributed by atoms with Gasteiger partial charge in [-0.05, 0) is 43.1 Å². The van der Waals surface area contributed by atoms with Gasteiger partial charge in [0.25, 0.3) is 0 Å². The molecule has 0 radical (unpaired) electrons. The molecular weight excluding hydrogens is 246 g/mol. The normalized spacial score (nSPS) is 12.1. The summed E-state index contributed by atoms with van der Waals surface area (Å²) in [6.45, 7) is 5.90. The van der Waals surface area contributed by atoms with Crippen molar-refractivity contribution in [1.29, 1.82) is 0 Å². The lowest BCUT2D eigenvalue weighted by molar-refractivity contribution is 0.266. The Hall–Kier alpha value is -1.80. The molecule has 2 rings (SSSR count). The summed E-state index contributed by atoms with van der Waals surface area (Å²) in [5.74, 6) is 0.934. The Bertz CT molecular complexity index is 510. The Kier molecular flexibility index (Phi) is 5.63. The third-order valence-electron chi connectivity index (χ3n) is 3.25. The Morgan fingerprint density at radius 2 is 1.85 bits per heavy atom. The van der Waals surface area contributed by atoms with Crippen LogP contribution in [0, 0.1) is 6.92 Å². The monoisotopic (exact) mass is 269 g/mol. The van der Waals surface area contributed by atoms with Gasteiger partial charge in [0.05, 0.1) is 6.04 Å². The first kappa shape index (κ1) is 14.6. The first-order chi connectivity index (χ1) is 9.79. The molecule has 2 heteroatoms. The number of ether oxygens (including phenoxy) is 1. The van der Waals surface area contributed by atoms with E-state index in [0.29, 0.717) is 6.61 Å². The molecule has 0 amide bonds. The van der Waals surface area contributed by atoms with Gasteiger partial charge in [-0.25, -0.2) is 0 Å². The molecule has 0 aliphatic heterocycles. The van der Waals surface area contributed by atoms with Crippen LogP contribution < -0.4 is 10.1 Å². The molecule has 1 N–H and O–H groups in total. The molecule has 0 aromatic heterocycles. The van der Waals surface area contributed by atoms with Gasteiger partial charge in [-0.2, -0.15) is 0 Å². The van der Waals surface area contributed by atoms with E-state index in [4.69, 9.17) is 4.74 Å². The molecule has 106 valence electrons. The Morgan fingerprint density at radius 3 is 2.55 bits per heavy atom. The van der Waals surface area contributed by atoms with E-state index in [-0.39, 0.29) is 6.04 Å². The molecule has 2 aromatic rings. The van der Waals surface area contributed by atoms with Crippen molar-refractivity contribution in [1.82, 2.24) is 5.32 Å². The Labute approximate surface area is 121 Å². The van der Waals surface area contributed by atoms with Crippen LogP contribution >= 0.6 is 0 Å². The van der Waals surface area contributed by atoms with Crippen LogP contribution in [0.3, 0.4) is 0 Å². The predicted octanol–water partition coefficient (Wildman–Crippen LogP) is 4.11. The summed E-state index contributed by atoms with van der Waals surface area (Å²) in [5, 5.41) is 3.55. The largest absolute Gasteiger partial charge is 0.492 e. The lowest BCUT2D eigenvalue weighted by Gasteiger charge is -2.19. The van der Waals surface area contributed by atoms with Gasteiger partial charge in [0, 0.05) is 0 Å². The number of benzene rings is 2. The topological polar surface area (TPSA) is 21.3 Å². The molecule has 1 atom stereocenters. The van der Waals surface area contributed by atoms with Crippen molar-refractivity contribution in [3.05, 3.63) is 65.7 Å². The molecule has 0 aliphatic rings. The molecule has 0 spiro atoms. The van der Waals surface area contributed by atoms with E-state index in [1.807, 2.05) is 18.2 Å². The standard InChI is InChI=1S/C18H23NO/c1-3-12-19-18(16-9-5-4-6-10-16)14-20-17-11-7-8-15(2)13-17/h4-11,13,18-19H,3,12,14H2,1-2H3. The van der Waals surface area contributed by atoms with Crippen molar-refractivity contribution in [2.45, 2.75) is 26.3 Å². The SMILES string of the molecule is CCCNC(COc1cccc(C)c1)c1ccccc1. The molecule has 0 bridgehead atoms. The minimum absolute atomic E-state index is 0.233. The van der Waals surface area contributed by atoms with Crippen LogP contribution in [-0.2, 0) is 0 Å². The zero-order valence-corrected chi connectivity index (χ0v) is 12.3. The summed E-state index contributed by atoms with van der Waals surface area (Å²) >= 11 is 0. The van der Waals surface area contributed by atoms with Gasteiger partial charge in [-0.1, -0.05) is 49.4 Å². The smallest absolute Gasteiger partial charge is 0.119 e. The highest BCUT2D eigenvalue weighted by molar-refractivity contribution is 5.28.